The first kappa shape index (κ1) is 12.4. The fourth-order valence-corrected chi connectivity index (χ4v) is 2.31. The predicted octanol–water partition coefficient (Wildman–Crippen LogP) is 2.69. The van der Waals surface area contributed by atoms with E-state index in [1.165, 1.54) is 0 Å². The van der Waals surface area contributed by atoms with Crippen molar-refractivity contribution < 1.29 is 14.6 Å². The van der Waals surface area contributed by atoms with Crippen molar-refractivity contribution in [3.05, 3.63) is 29.8 Å². The van der Waals surface area contributed by atoms with E-state index in [1.54, 1.807) is 0 Å². The third-order valence-electron chi connectivity index (χ3n) is 3.31. The topological polar surface area (TPSA) is 38.7 Å². The molecule has 17 heavy (non-hydrogen) atoms. The molecule has 2 unspecified atom stereocenters. The molecule has 0 aliphatic carbocycles. The summed E-state index contributed by atoms with van der Waals surface area (Å²) in [4.78, 5) is 0. The number of aliphatic hydroxyl groups excluding tert-OH is 1. The first-order valence-corrected chi connectivity index (χ1v) is 6.20. The summed E-state index contributed by atoms with van der Waals surface area (Å²) < 4.78 is 11.1. The van der Waals surface area contributed by atoms with Gasteiger partial charge in [-0.1, -0.05) is 12.1 Å². The summed E-state index contributed by atoms with van der Waals surface area (Å²) in [5, 5.41) is 10.4. The van der Waals surface area contributed by atoms with Gasteiger partial charge in [-0.3, -0.25) is 0 Å². The minimum Gasteiger partial charge on any atom is -0.494 e. The monoisotopic (exact) mass is 236 g/mol. The summed E-state index contributed by atoms with van der Waals surface area (Å²) in [6.07, 6.45) is 1.32. The minimum atomic E-state index is -0.592. The van der Waals surface area contributed by atoms with Crippen LogP contribution in [0.4, 0.5) is 0 Å². The lowest BCUT2D eigenvalue weighted by Gasteiger charge is -2.29. The van der Waals surface area contributed by atoms with Crippen molar-refractivity contribution in [3.63, 3.8) is 0 Å². The first-order chi connectivity index (χ1) is 8.15. The number of hydrogen-bond donors (Lipinski definition) is 1. The van der Waals surface area contributed by atoms with E-state index in [4.69, 9.17) is 9.47 Å². The van der Waals surface area contributed by atoms with Gasteiger partial charge in [0, 0.05) is 6.61 Å². The van der Waals surface area contributed by atoms with Gasteiger partial charge >= 0.3 is 0 Å². The first-order valence-electron chi connectivity index (χ1n) is 6.20. The lowest BCUT2D eigenvalue weighted by Crippen LogP contribution is -2.31. The number of hydrogen-bond acceptors (Lipinski definition) is 3. The molecule has 1 aliphatic rings. The highest BCUT2D eigenvalue weighted by atomic mass is 16.5. The van der Waals surface area contributed by atoms with Gasteiger partial charge in [-0.2, -0.15) is 0 Å². The average molecular weight is 236 g/mol. The molecule has 94 valence electrons. The Bertz CT molecular complexity index is 369. The summed E-state index contributed by atoms with van der Waals surface area (Å²) in [5.41, 5.74) is 0.408. The fraction of sp³-hybridized carbons (Fsp3) is 0.571. The van der Waals surface area contributed by atoms with Gasteiger partial charge < -0.3 is 14.6 Å². The maximum Gasteiger partial charge on any atom is 0.119 e. The quantitative estimate of drug-likeness (QED) is 0.873. The van der Waals surface area contributed by atoms with Crippen molar-refractivity contribution in [2.24, 2.45) is 0 Å². The molecule has 1 heterocycles. The number of ether oxygens (including phenoxy) is 2. The van der Waals surface area contributed by atoms with Gasteiger partial charge in [-0.05, 0) is 44.4 Å². The van der Waals surface area contributed by atoms with E-state index in [1.807, 2.05) is 38.1 Å². The zero-order chi connectivity index (χ0) is 12.3. The smallest absolute Gasteiger partial charge is 0.119 e. The van der Waals surface area contributed by atoms with Gasteiger partial charge in [-0.25, -0.2) is 0 Å². The Kier molecular flexibility index (Phi) is 3.69. The molecule has 2 rings (SSSR count). The largest absolute Gasteiger partial charge is 0.494 e. The van der Waals surface area contributed by atoms with Gasteiger partial charge in [0.05, 0.1) is 12.2 Å². The van der Waals surface area contributed by atoms with Crippen LogP contribution in [0.25, 0.3) is 0 Å². The Hall–Kier alpha value is -1.06. The van der Waals surface area contributed by atoms with Crippen molar-refractivity contribution in [3.8, 4) is 5.75 Å². The fourth-order valence-electron chi connectivity index (χ4n) is 2.31. The Balaban J connectivity index is 2.18. The van der Waals surface area contributed by atoms with Crippen molar-refractivity contribution in [2.75, 3.05) is 13.2 Å². The Morgan fingerprint density at radius 3 is 3.00 bits per heavy atom. The molecule has 1 aromatic carbocycles. The van der Waals surface area contributed by atoms with Crippen LogP contribution >= 0.6 is 0 Å². The van der Waals surface area contributed by atoms with E-state index in [0.717, 1.165) is 30.8 Å². The van der Waals surface area contributed by atoms with Crippen LogP contribution < -0.4 is 4.74 Å². The molecular formula is C14H20O3. The van der Waals surface area contributed by atoms with E-state index in [2.05, 4.69) is 0 Å². The second-order valence-electron chi connectivity index (χ2n) is 4.67. The Morgan fingerprint density at radius 2 is 2.35 bits per heavy atom. The summed E-state index contributed by atoms with van der Waals surface area (Å²) in [5.74, 6) is 0.797. The molecule has 0 saturated carbocycles. The van der Waals surface area contributed by atoms with Crippen molar-refractivity contribution in [1.29, 1.82) is 0 Å². The van der Waals surface area contributed by atoms with Gasteiger partial charge in [0.25, 0.3) is 0 Å². The maximum absolute atomic E-state index is 10.4. The van der Waals surface area contributed by atoms with E-state index >= 15 is 0 Å². The van der Waals surface area contributed by atoms with Crippen LogP contribution in [0.1, 0.15) is 38.4 Å². The summed E-state index contributed by atoms with van der Waals surface area (Å²) >= 11 is 0. The summed E-state index contributed by atoms with van der Waals surface area (Å²) in [7, 11) is 0. The Labute approximate surface area is 102 Å². The highest BCUT2D eigenvalue weighted by molar-refractivity contribution is 5.31. The SMILES string of the molecule is CCOc1cccc(C(O)C2(C)CCCO2)c1. The lowest BCUT2D eigenvalue weighted by molar-refractivity contribution is -0.0796. The molecule has 1 aromatic rings. The average Bonchev–Trinajstić information content (AvgIpc) is 2.77. The van der Waals surface area contributed by atoms with E-state index in [-0.39, 0.29) is 0 Å². The van der Waals surface area contributed by atoms with Crippen LogP contribution in [0.15, 0.2) is 24.3 Å². The van der Waals surface area contributed by atoms with Gasteiger partial charge in [0.1, 0.15) is 11.9 Å². The third-order valence-corrected chi connectivity index (χ3v) is 3.31. The summed E-state index contributed by atoms with van der Waals surface area (Å²) in [6.45, 7) is 5.29. The van der Waals surface area contributed by atoms with E-state index in [0.29, 0.717) is 6.61 Å². The Morgan fingerprint density at radius 1 is 1.53 bits per heavy atom. The van der Waals surface area contributed by atoms with E-state index in [9.17, 15) is 5.11 Å². The molecule has 1 aliphatic heterocycles. The standard InChI is InChI=1S/C14H20O3/c1-3-16-12-7-4-6-11(10-12)13(15)14(2)8-5-9-17-14/h4,6-7,10,13,15H,3,5,8-9H2,1-2H3. The second-order valence-corrected chi connectivity index (χ2v) is 4.67. The van der Waals surface area contributed by atoms with Gasteiger partial charge in [0.2, 0.25) is 0 Å². The second kappa shape index (κ2) is 5.07. The molecule has 1 N–H and O–H groups in total. The molecular weight excluding hydrogens is 216 g/mol. The van der Waals surface area contributed by atoms with Crippen molar-refractivity contribution in [2.45, 2.75) is 38.4 Å². The highest BCUT2D eigenvalue weighted by Gasteiger charge is 2.38. The van der Waals surface area contributed by atoms with Gasteiger partial charge in [-0.15, -0.1) is 0 Å². The number of rotatable bonds is 4. The minimum absolute atomic E-state index is 0.454. The van der Waals surface area contributed by atoms with Crippen LogP contribution in [0.5, 0.6) is 5.75 Å². The van der Waals surface area contributed by atoms with Gasteiger partial charge in [0.15, 0.2) is 0 Å². The van der Waals surface area contributed by atoms with Crippen LogP contribution in [0.3, 0.4) is 0 Å². The van der Waals surface area contributed by atoms with E-state index < -0.39 is 11.7 Å². The van der Waals surface area contributed by atoms with Crippen molar-refractivity contribution in [1.82, 2.24) is 0 Å². The van der Waals surface area contributed by atoms with Crippen LogP contribution in [0, 0.1) is 0 Å². The molecule has 0 spiro atoms. The zero-order valence-corrected chi connectivity index (χ0v) is 10.5. The maximum atomic E-state index is 10.4. The molecule has 3 nitrogen and oxygen atoms in total. The lowest BCUT2D eigenvalue weighted by atomic mass is 9.90. The van der Waals surface area contributed by atoms with Crippen LogP contribution in [-0.4, -0.2) is 23.9 Å². The molecule has 0 bridgehead atoms. The molecule has 0 radical (unpaired) electrons. The number of benzene rings is 1. The van der Waals surface area contributed by atoms with Crippen molar-refractivity contribution >= 4 is 0 Å². The molecule has 0 amide bonds. The zero-order valence-electron chi connectivity index (χ0n) is 10.5. The molecule has 3 heteroatoms. The predicted molar refractivity (Wildman–Crippen MR) is 66.2 cm³/mol. The highest BCUT2D eigenvalue weighted by Crippen LogP contribution is 2.37. The third kappa shape index (κ3) is 2.61. The number of aliphatic hydroxyl groups is 1. The molecule has 1 fully saturated rings. The summed E-state index contributed by atoms with van der Waals surface area (Å²) in [6, 6.07) is 7.61. The normalized spacial score (nSPS) is 25.8. The van der Waals surface area contributed by atoms with Crippen LogP contribution in [-0.2, 0) is 4.74 Å². The molecule has 2 atom stereocenters. The molecule has 1 saturated heterocycles. The molecule has 0 aromatic heterocycles. The van der Waals surface area contributed by atoms with Crippen LogP contribution in [0.2, 0.25) is 0 Å².